The molecule has 1 spiro atoms. The Labute approximate surface area is 277 Å². The standard InChI is InChI=1S/C37H45N3O6Si/c1-25-35(47(3,4)29-16-14-28(45-2)15-17-29)32(23-34(43)39(20-21-41)24-26-10-6-5-7-11-26)46-37(25)30-22-27(13-18-31(30)38-36(37)44)40-19-9-8-12-33(40)42/h5-7,10-11,13-18,22,25,32,35,41H,8-9,12,19-21,23-24H2,1-4H3,(H,38,44)/t25-,32+,35-,37+/m1/s1. The van der Waals surface area contributed by atoms with E-state index in [0.29, 0.717) is 25.2 Å². The lowest BCUT2D eigenvalue weighted by molar-refractivity contribution is -0.148. The first-order chi connectivity index (χ1) is 22.6. The second-order valence-electron chi connectivity index (χ2n) is 13.6. The number of nitrogens with zero attached hydrogens (tertiary/aromatic N) is 2. The fourth-order valence-corrected chi connectivity index (χ4v) is 12.1. The molecule has 0 aliphatic carbocycles. The molecule has 3 aromatic rings. The van der Waals surface area contributed by atoms with E-state index in [1.54, 1.807) is 12.0 Å². The molecule has 3 aliphatic heterocycles. The van der Waals surface area contributed by atoms with Crippen LogP contribution in [0, 0.1) is 5.92 Å². The van der Waals surface area contributed by atoms with E-state index in [-0.39, 0.29) is 48.8 Å². The maximum absolute atomic E-state index is 14.2. The van der Waals surface area contributed by atoms with Crippen molar-refractivity contribution in [2.45, 2.75) is 69.5 Å². The highest BCUT2D eigenvalue weighted by molar-refractivity contribution is 6.91. The van der Waals surface area contributed by atoms with Crippen LogP contribution >= 0.6 is 0 Å². The Kier molecular flexibility index (Phi) is 9.28. The summed E-state index contributed by atoms with van der Waals surface area (Å²) in [6, 6.07) is 23.6. The van der Waals surface area contributed by atoms with Crippen molar-refractivity contribution < 1.29 is 29.0 Å². The van der Waals surface area contributed by atoms with E-state index in [4.69, 9.17) is 9.47 Å². The highest BCUT2D eigenvalue weighted by Crippen LogP contribution is 2.59. The molecule has 2 N–H and O–H groups in total. The predicted octanol–water partition coefficient (Wildman–Crippen LogP) is 4.79. The third-order valence-corrected chi connectivity index (χ3v) is 14.9. The lowest BCUT2D eigenvalue weighted by Crippen LogP contribution is -2.52. The van der Waals surface area contributed by atoms with Gasteiger partial charge in [-0.15, -0.1) is 0 Å². The Balaban J connectivity index is 1.40. The second kappa shape index (κ2) is 13.3. The van der Waals surface area contributed by atoms with Crippen molar-refractivity contribution >= 4 is 42.4 Å². The number of aliphatic hydroxyl groups excluding tert-OH is 1. The van der Waals surface area contributed by atoms with Crippen molar-refractivity contribution in [1.29, 1.82) is 0 Å². The Hall–Kier alpha value is -3.99. The van der Waals surface area contributed by atoms with E-state index in [9.17, 15) is 19.5 Å². The summed E-state index contributed by atoms with van der Waals surface area (Å²) in [7, 11) is -0.805. The van der Waals surface area contributed by atoms with Gasteiger partial charge in [-0.25, -0.2) is 0 Å². The molecule has 2 saturated heterocycles. The summed E-state index contributed by atoms with van der Waals surface area (Å²) in [4.78, 5) is 44.7. The Bertz CT molecular complexity index is 1630. The molecule has 0 unspecified atom stereocenters. The van der Waals surface area contributed by atoms with Crippen molar-refractivity contribution in [3.8, 4) is 5.75 Å². The lowest BCUT2D eigenvalue weighted by Gasteiger charge is -2.37. The topological polar surface area (TPSA) is 108 Å². The first kappa shape index (κ1) is 32.9. The number of fused-ring (bicyclic) bond motifs is 2. The van der Waals surface area contributed by atoms with Gasteiger partial charge in [0.2, 0.25) is 11.8 Å². The fourth-order valence-electron chi connectivity index (χ4n) is 8.09. The van der Waals surface area contributed by atoms with Crippen LogP contribution in [-0.2, 0) is 31.3 Å². The number of carbonyl (C=O) groups excluding carboxylic acids is 3. The van der Waals surface area contributed by atoms with Gasteiger partial charge >= 0.3 is 0 Å². The highest BCUT2D eigenvalue weighted by Gasteiger charge is 2.65. The van der Waals surface area contributed by atoms with Gasteiger partial charge in [0.15, 0.2) is 5.60 Å². The second-order valence-corrected chi connectivity index (χ2v) is 18.3. The summed E-state index contributed by atoms with van der Waals surface area (Å²) < 4.78 is 12.5. The molecule has 9 nitrogen and oxygen atoms in total. The van der Waals surface area contributed by atoms with Crippen molar-refractivity contribution in [3.63, 3.8) is 0 Å². The SMILES string of the molecule is COc1ccc([Si](C)(C)[C@H]2[C@H](CC(=O)N(CCO)Cc3ccccc3)O[C@@]3(C(=O)Nc4ccc(N5CCCCC5=O)cc43)[C@@H]2C)cc1. The van der Waals surface area contributed by atoms with Crippen LogP contribution in [0.1, 0.15) is 43.7 Å². The summed E-state index contributed by atoms with van der Waals surface area (Å²) in [5.74, 6) is 0.200. The van der Waals surface area contributed by atoms with Crippen LogP contribution in [0.25, 0.3) is 0 Å². The van der Waals surface area contributed by atoms with Gasteiger partial charge in [0.25, 0.3) is 5.91 Å². The summed E-state index contributed by atoms with van der Waals surface area (Å²) in [5, 5.41) is 14.2. The smallest absolute Gasteiger partial charge is 0.261 e. The number of aliphatic hydroxyl groups is 1. The van der Waals surface area contributed by atoms with Gasteiger partial charge in [-0.3, -0.25) is 14.4 Å². The maximum Gasteiger partial charge on any atom is 0.261 e. The van der Waals surface area contributed by atoms with Gasteiger partial charge in [0.05, 0.1) is 34.3 Å². The van der Waals surface area contributed by atoms with Crippen molar-refractivity contribution in [1.82, 2.24) is 4.90 Å². The zero-order chi connectivity index (χ0) is 33.3. The molecule has 4 atom stereocenters. The van der Waals surface area contributed by atoms with Crippen LogP contribution in [-0.4, -0.2) is 68.7 Å². The molecule has 2 fully saturated rings. The summed E-state index contributed by atoms with van der Waals surface area (Å²) in [5.41, 5.74) is 1.69. The summed E-state index contributed by atoms with van der Waals surface area (Å²) in [6.45, 7) is 7.69. The zero-order valence-corrected chi connectivity index (χ0v) is 28.7. The molecular weight excluding hydrogens is 611 g/mol. The number of hydrogen-bond acceptors (Lipinski definition) is 6. The van der Waals surface area contributed by atoms with Crippen LogP contribution in [0.4, 0.5) is 11.4 Å². The van der Waals surface area contributed by atoms with Gasteiger partial charge in [0.1, 0.15) is 5.75 Å². The average molecular weight is 656 g/mol. The van der Waals surface area contributed by atoms with E-state index < -0.39 is 19.8 Å². The first-order valence-corrected chi connectivity index (χ1v) is 19.7. The molecule has 0 saturated carbocycles. The Morgan fingerprint density at radius 1 is 1.09 bits per heavy atom. The minimum absolute atomic E-state index is 0.0725. The number of benzene rings is 3. The third-order valence-electron chi connectivity index (χ3n) is 10.5. The number of hydrogen-bond donors (Lipinski definition) is 2. The van der Waals surface area contributed by atoms with Crippen LogP contribution in [0.5, 0.6) is 5.75 Å². The molecular formula is C37H45N3O6Si. The number of rotatable bonds is 10. The van der Waals surface area contributed by atoms with E-state index in [2.05, 4.69) is 37.5 Å². The van der Waals surface area contributed by atoms with E-state index in [1.165, 1.54) is 5.19 Å². The highest BCUT2D eigenvalue weighted by atomic mass is 28.3. The number of ether oxygens (including phenoxy) is 2. The molecule has 3 aromatic carbocycles. The van der Waals surface area contributed by atoms with Crippen LogP contribution in [0.15, 0.2) is 72.8 Å². The van der Waals surface area contributed by atoms with Gasteiger partial charge in [-0.2, -0.15) is 0 Å². The van der Waals surface area contributed by atoms with Crippen LogP contribution in [0.3, 0.4) is 0 Å². The minimum atomic E-state index is -2.45. The molecule has 3 aliphatic rings. The molecule has 10 heteroatoms. The number of carbonyl (C=O) groups is 3. The third kappa shape index (κ3) is 5.98. The number of methoxy groups -OCH3 is 1. The molecule has 248 valence electrons. The molecule has 0 aromatic heterocycles. The Morgan fingerprint density at radius 3 is 2.51 bits per heavy atom. The van der Waals surface area contributed by atoms with E-state index in [1.807, 2.05) is 65.6 Å². The van der Waals surface area contributed by atoms with Gasteiger partial charge in [0, 0.05) is 48.9 Å². The number of piperidine rings is 1. The molecule has 0 radical (unpaired) electrons. The minimum Gasteiger partial charge on any atom is -0.497 e. The van der Waals surface area contributed by atoms with Crippen molar-refractivity contribution in [3.05, 3.63) is 83.9 Å². The molecule has 6 rings (SSSR count). The van der Waals surface area contributed by atoms with Gasteiger partial charge < -0.3 is 29.7 Å². The quantitative estimate of drug-likeness (QED) is 0.304. The van der Waals surface area contributed by atoms with Gasteiger partial charge in [-0.1, -0.05) is 67.7 Å². The first-order valence-electron chi connectivity index (χ1n) is 16.6. The van der Waals surface area contributed by atoms with Crippen LogP contribution < -0.4 is 20.1 Å². The summed E-state index contributed by atoms with van der Waals surface area (Å²) in [6.07, 6.45) is 1.83. The van der Waals surface area contributed by atoms with E-state index >= 15 is 0 Å². The fraction of sp³-hybridized carbons (Fsp3) is 0.432. The average Bonchev–Trinajstić information content (AvgIpc) is 3.53. The predicted molar refractivity (Wildman–Crippen MR) is 184 cm³/mol. The largest absolute Gasteiger partial charge is 0.497 e. The lowest BCUT2D eigenvalue weighted by atomic mass is 9.82. The van der Waals surface area contributed by atoms with E-state index in [0.717, 1.165) is 35.4 Å². The zero-order valence-electron chi connectivity index (χ0n) is 27.7. The molecule has 3 amide bonds. The van der Waals surface area contributed by atoms with Gasteiger partial charge in [-0.05, 0) is 54.3 Å². The number of anilines is 2. The van der Waals surface area contributed by atoms with Crippen molar-refractivity contribution in [2.24, 2.45) is 5.92 Å². The number of nitrogens with one attached hydrogen (secondary N) is 1. The van der Waals surface area contributed by atoms with Crippen molar-refractivity contribution in [2.75, 3.05) is 37.0 Å². The summed E-state index contributed by atoms with van der Waals surface area (Å²) >= 11 is 0. The molecule has 0 bridgehead atoms. The number of amides is 3. The normalized spacial score (nSPS) is 23.9. The molecule has 47 heavy (non-hydrogen) atoms. The van der Waals surface area contributed by atoms with Crippen LogP contribution in [0.2, 0.25) is 18.6 Å². The Morgan fingerprint density at radius 2 is 1.83 bits per heavy atom. The molecule has 3 heterocycles. The monoisotopic (exact) mass is 655 g/mol. The maximum atomic E-state index is 14.2.